The lowest BCUT2D eigenvalue weighted by Gasteiger charge is -2.19. The van der Waals surface area contributed by atoms with Crippen LogP contribution in [0.25, 0.3) is 0 Å². The fourth-order valence-corrected chi connectivity index (χ4v) is 2.57. The Morgan fingerprint density at radius 3 is 2.57 bits per heavy atom. The largest absolute Gasteiger partial charge is 0.409 e. The maximum atomic E-state index is 14.0. The normalized spacial score (nSPS) is 18.0. The van der Waals surface area contributed by atoms with Gasteiger partial charge in [0, 0.05) is 5.56 Å². The Morgan fingerprint density at radius 2 is 2.00 bits per heavy atom. The third kappa shape index (κ3) is 4.39. The van der Waals surface area contributed by atoms with E-state index in [9.17, 15) is 17.6 Å². The first-order valence-electron chi connectivity index (χ1n) is 6.45. The van der Waals surface area contributed by atoms with Gasteiger partial charge in [-0.05, 0) is 36.1 Å². The van der Waals surface area contributed by atoms with Crippen LogP contribution in [0.1, 0.15) is 29.6 Å². The highest BCUT2D eigenvalue weighted by atomic mass is 35.5. The van der Waals surface area contributed by atoms with Crippen molar-refractivity contribution in [2.45, 2.75) is 23.9 Å². The minimum absolute atomic E-state index is 0.0755. The van der Waals surface area contributed by atoms with Crippen LogP contribution in [0.4, 0.5) is 4.39 Å². The van der Waals surface area contributed by atoms with Gasteiger partial charge in [-0.3, -0.25) is 4.79 Å². The van der Waals surface area contributed by atoms with Crippen LogP contribution < -0.4 is 4.72 Å². The van der Waals surface area contributed by atoms with Crippen molar-refractivity contribution in [2.24, 2.45) is 5.92 Å². The second kappa shape index (κ2) is 6.29. The van der Waals surface area contributed by atoms with E-state index in [1.807, 2.05) is 0 Å². The van der Waals surface area contributed by atoms with Crippen molar-refractivity contribution in [3.8, 4) is 0 Å². The molecule has 5 nitrogen and oxygen atoms in total. The van der Waals surface area contributed by atoms with Gasteiger partial charge in [0.05, 0.1) is 6.61 Å². The van der Waals surface area contributed by atoms with Gasteiger partial charge in [0.25, 0.3) is 5.91 Å². The zero-order valence-corrected chi connectivity index (χ0v) is 12.7. The summed E-state index contributed by atoms with van der Waals surface area (Å²) >= 11 is 5.27. The monoisotopic (exact) mass is 335 g/mol. The average Bonchev–Trinajstić information content (AvgIpc) is 3.23. The minimum Gasteiger partial charge on any atom is -0.320 e. The van der Waals surface area contributed by atoms with Crippen molar-refractivity contribution in [3.63, 3.8) is 0 Å². The second-order valence-electron chi connectivity index (χ2n) is 4.84. The molecule has 0 heterocycles. The fourth-order valence-electron chi connectivity index (χ4n) is 1.66. The Bertz CT molecular complexity index is 602. The first kappa shape index (κ1) is 16.2. The molecule has 1 amide bonds. The summed E-state index contributed by atoms with van der Waals surface area (Å²) in [6.45, 7) is -0.120. The van der Waals surface area contributed by atoms with Crippen LogP contribution in [-0.4, -0.2) is 25.6 Å². The lowest BCUT2D eigenvalue weighted by Crippen LogP contribution is -2.43. The summed E-state index contributed by atoms with van der Waals surface area (Å²) in [5.41, 5.74) is 0.0755. The van der Waals surface area contributed by atoms with E-state index in [0.29, 0.717) is 12.3 Å². The van der Waals surface area contributed by atoms with Crippen LogP contribution in [0.2, 0.25) is 0 Å². The van der Waals surface area contributed by atoms with Crippen molar-refractivity contribution in [3.05, 3.63) is 35.9 Å². The molecule has 8 heteroatoms. The molecule has 0 radical (unpaired) electrons. The summed E-state index contributed by atoms with van der Waals surface area (Å²) in [6.07, 6.45) is 2.60. The Hall–Kier alpha value is -1.18. The lowest BCUT2D eigenvalue weighted by molar-refractivity contribution is -0.0169. The smallest absolute Gasteiger partial charge is 0.320 e. The van der Waals surface area contributed by atoms with Crippen molar-refractivity contribution in [2.75, 3.05) is 6.61 Å². The molecule has 0 spiro atoms. The number of halogens is 2. The maximum Gasteiger partial charge on any atom is 0.409 e. The zero-order valence-electron chi connectivity index (χ0n) is 11.1. The number of benzene rings is 1. The number of carbonyl (C=O) groups excluding carboxylic acids is 1. The topological polar surface area (TPSA) is 72.5 Å². The SMILES string of the molecule is O=C(NS(=O)(=O)C(F)(Cl)OCCC1CC1)c1ccccc1. The molecule has 1 aromatic rings. The highest BCUT2D eigenvalue weighted by molar-refractivity contribution is 7.92. The van der Waals surface area contributed by atoms with Crippen LogP contribution in [0.3, 0.4) is 0 Å². The summed E-state index contributed by atoms with van der Waals surface area (Å²) in [4.78, 5) is 11.7. The molecular weight excluding hydrogens is 321 g/mol. The first-order valence-corrected chi connectivity index (χ1v) is 8.31. The molecule has 1 unspecified atom stereocenters. The predicted molar refractivity (Wildman–Crippen MR) is 75.8 cm³/mol. The van der Waals surface area contributed by atoms with Gasteiger partial charge in [-0.15, -0.1) is 0 Å². The van der Waals surface area contributed by atoms with Crippen LogP contribution in [-0.2, 0) is 14.8 Å². The Labute approximate surface area is 127 Å². The van der Waals surface area contributed by atoms with E-state index in [-0.39, 0.29) is 12.2 Å². The maximum absolute atomic E-state index is 14.0. The molecule has 116 valence electrons. The molecule has 0 bridgehead atoms. The predicted octanol–water partition coefficient (Wildman–Crippen LogP) is 2.38. The average molecular weight is 336 g/mol. The molecule has 0 aromatic heterocycles. The number of rotatable bonds is 7. The molecule has 1 aromatic carbocycles. The third-order valence-electron chi connectivity index (χ3n) is 3.07. The molecule has 1 saturated carbocycles. The molecule has 1 N–H and O–H groups in total. The van der Waals surface area contributed by atoms with E-state index in [1.54, 1.807) is 22.9 Å². The van der Waals surface area contributed by atoms with E-state index >= 15 is 0 Å². The summed E-state index contributed by atoms with van der Waals surface area (Å²) in [5.74, 6) is -0.525. The number of alkyl halides is 2. The highest BCUT2D eigenvalue weighted by Gasteiger charge is 2.45. The summed E-state index contributed by atoms with van der Waals surface area (Å²) in [6, 6.07) is 7.56. The standard InChI is InChI=1S/C13H15ClFNO4S/c14-13(15,20-9-8-10-6-7-10)21(18,19)16-12(17)11-4-2-1-3-5-11/h1-5,10H,6-9H2,(H,16,17). The number of sulfonamides is 1. The molecule has 1 aliphatic rings. The van der Waals surface area contributed by atoms with Crippen LogP contribution in [0.15, 0.2) is 30.3 Å². The van der Waals surface area contributed by atoms with E-state index in [1.165, 1.54) is 12.1 Å². The van der Waals surface area contributed by atoms with Crippen molar-refractivity contribution in [1.82, 2.24) is 4.72 Å². The van der Waals surface area contributed by atoms with Crippen LogP contribution >= 0.6 is 11.6 Å². The summed E-state index contributed by atoms with van der Waals surface area (Å²) in [5, 5.41) is 0. The van der Waals surface area contributed by atoms with Gasteiger partial charge in [-0.1, -0.05) is 31.0 Å². The summed E-state index contributed by atoms with van der Waals surface area (Å²) in [7, 11) is -4.81. The van der Waals surface area contributed by atoms with E-state index in [4.69, 9.17) is 11.6 Å². The molecule has 1 aliphatic carbocycles. The van der Waals surface area contributed by atoms with Crippen LogP contribution in [0, 0.1) is 5.92 Å². The zero-order chi connectivity index (χ0) is 15.5. The van der Waals surface area contributed by atoms with Crippen LogP contribution in [0.5, 0.6) is 0 Å². The number of carbonyl (C=O) groups is 1. The third-order valence-corrected chi connectivity index (χ3v) is 4.99. The number of hydrogen-bond acceptors (Lipinski definition) is 4. The summed E-state index contributed by atoms with van der Waals surface area (Å²) < 4.78 is 40.2. The number of nitrogens with one attached hydrogen (secondary N) is 1. The van der Waals surface area contributed by atoms with Gasteiger partial charge in [-0.25, -0.2) is 4.72 Å². The van der Waals surface area contributed by atoms with Crippen molar-refractivity contribution >= 4 is 27.5 Å². The Kier molecular flexibility index (Phi) is 4.85. The first-order chi connectivity index (χ1) is 9.82. The fraction of sp³-hybridized carbons (Fsp3) is 0.462. The van der Waals surface area contributed by atoms with Crippen molar-refractivity contribution < 1.29 is 22.3 Å². The second-order valence-corrected chi connectivity index (χ2v) is 7.29. The Balaban J connectivity index is 1.96. The Morgan fingerprint density at radius 1 is 1.38 bits per heavy atom. The molecule has 21 heavy (non-hydrogen) atoms. The van der Waals surface area contributed by atoms with E-state index in [2.05, 4.69) is 4.74 Å². The molecule has 1 atom stereocenters. The van der Waals surface area contributed by atoms with Gasteiger partial charge in [-0.2, -0.15) is 12.8 Å². The van der Waals surface area contributed by atoms with Crippen molar-refractivity contribution in [1.29, 1.82) is 0 Å². The molecular formula is C13H15ClFNO4S. The molecule has 2 rings (SSSR count). The van der Waals surface area contributed by atoms with Gasteiger partial charge in [0.1, 0.15) is 0 Å². The molecule has 0 aliphatic heterocycles. The number of amides is 1. The van der Waals surface area contributed by atoms with Gasteiger partial charge < -0.3 is 4.74 Å². The molecule has 0 saturated heterocycles. The number of hydrogen-bond donors (Lipinski definition) is 1. The van der Waals surface area contributed by atoms with E-state index in [0.717, 1.165) is 12.8 Å². The van der Waals surface area contributed by atoms with E-state index < -0.39 is 20.6 Å². The minimum atomic E-state index is -4.81. The number of ether oxygens (including phenoxy) is 1. The lowest BCUT2D eigenvalue weighted by atomic mass is 10.2. The van der Waals surface area contributed by atoms with Gasteiger partial charge in [0.15, 0.2) is 0 Å². The van der Waals surface area contributed by atoms with Gasteiger partial charge >= 0.3 is 14.7 Å². The highest BCUT2D eigenvalue weighted by Crippen LogP contribution is 2.34. The van der Waals surface area contributed by atoms with Gasteiger partial charge in [0.2, 0.25) is 0 Å². The quantitative estimate of drug-likeness (QED) is 0.776. The molecule has 1 fully saturated rings.